The maximum atomic E-state index is 2.78. The second kappa shape index (κ2) is 10.6. The second-order valence-electron chi connectivity index (χ2n) is 10.7. The Hall–Kier alpha value is -2.62. The molecule has 3 aliphatic rings. The third-order valence-electron chi connectivity index (χ3n) is 8.56. The molecule has 0 unspecified atom stereocenters. The highest BCUT2D eigenvalue weighted by molar-refractivity contribution is 5.52. The molecule has 35 heavy (non-hydrogen) atoms. The van der Waals surface area contributed by atoms with E-state index in [-0.39, 0.29) is 0 Å². The zero-order valence-electron chi connectivity index (χ0n) is 21.0. The fourth-order valence-electron chi connectivity index (χ4n) is 6.62. The Kier molecular flexibility index (Phi) is 6.88. The van der Waals surface area contributed by atoms with Crippen molar-refractivity contribution in [3.05, 3.63) is 101 Å². The van der Waals surface area contributed by atoms with Crippen LogP contribution < -0.4 is 4.90 Å². The van der Waals surface area contributed by atoms with E-state index in [1.807, 2.05) is 0 Å². The van der Waals surface area contributed by atoms with Crippen LogP contribution in [0.4, 0.5) is 5.69 Å². The first-order valence-corrected chi connectivity index (χ1v) is 13.8. The number of likely N-dealkylation sites (tertiary alicyclic amines) is 1. The quantitative estimate of drug-likeness (QED) is 0.438. The van der Waals surface area contributed by atoms with Crippen molar-refractivity contribution in [2.45, 2.75) is 57.2 Å². The molecule has 0 N–H and O–H groups in total. The summed E-state index contributed by atoms with van der Waals surface area (Å²) in [6, 6.07) is 30.5. The van der Waals surface area contributed by atoms with Crippen molar-refractivity contribution in [2.24, 2.45) is 0 Å². The summed E-state index contributed by atoms with van der Waals surface area (Å²) < 4.78 is 0. The Labute approximate surface area is 211 Å². The summed E-state index contributed by atoms with van der Waals surface area (Å²) in [7, 11) is 0. The standard InChI is InChI=1S/C32H39N3/c1-4-10-26(11-5-1)32(27-12-6-2-7-13-27)34-22-17-30(18-23-34)35-21-16-28-24-31(15-14-29(28)25-35)33-19-8-3-9-20-33/h1-2,4-7,10-15,24,30,32H,3,8-9,16-23,25H2. The molecule has 3 aromatic carbocycles. The topological polar surface area (TPSA) is 9.72 Å². The van der Waals surface area contributed by atoms with Gasteiger partial charge in [-0.1, -0.05) is 66.7 Å². The lowest BCUT2D eigenvalue weighted by molar-refractivity contribution is 0.0843. The van der Waals surface area contributed by atoms with Gasteiger partial charge in [0.05, 0.1) is 6.04 Å². The number of fused-ring (bicyclic) bond motifs is 1. The minimum atomic E-state index is 0.355. The number of piperidine rings is 2. The van der Waals surface area contributed by atoms with E-state index in [1.54, 1.807) is 11.1 Å². The lowest BCUT2D eigenvalue weighted by atomic mass is 9.92. The summed E-state index contributed by atoms with van der Waals surface area (Å²) in [5.74, 6) is 0. The van der Waals surface area contributed by atoms with E-state index < -0.39 is 0 Å². The van der Waals surface area contributed by atoms with Gasteiger partial charge in [-0.15, -0.1) is 0 Å². The van der Waals surface area contributed by atoms with Crippen LogP contribution >= 0.6 is 0 Å². The van der Waals surface area contributed by atoms with Gasteiger partial charge < -0.3 is 4.90 Å². The van der Waals surface area contributed by atoms with Crippen molar-refractivity contribution in [3.63, 3.8) is 0 Å². The zero-order valence-corrected chi connectivity index (χ0v) is 21.0. The van der Waals surface area contributed by atoms with Gasteiger partial charge in [0.2, 0.25) is 0 Å². The fraction of sp³-hybridized carbons (Fsp3) is 0.438. The molecule has 3 heteroatoms. The highest BCUT2D eigenvalue weighted by Crippen LogP contribution is 2.34. The van der Waals surface area contributed by atoms with E-state index in [1.165, 1.54) is 75.0 Å². The summed E-state index contributed by atoms with van der Waals surface area (Å²) in [5.41, 5.74) is 7.43. The molecule has 0 radical (unpaired) electrons. The van der Waals surface area contributed by atoms with Crippen molar-refractivity contribution in [2.75, 3.05) is 37.6 Å². The van der Waals surface area contributed by atoms with Gasteiger partial charge in [-0.2, -0.15) is 0 Å². The molecule has 2 saturated heterocycles. The molecule has 0 bridgehead atoms. The molecule has 0 aromatic heterocycles. The van der Waals surface area contributed by atoms with Crippen molar-refractivity contribution in [1.82, 2.24) is 9.80 Å². The van der Waals surface area contributed by atoms with E-state index in [9.17, 15) is 0 Å². The number of anilines is 1. The summed E-state index contributed by atoms with van der Waals surface area (Å²) in [6.07, 6.45) is 7.81. The molecule has 0 saturated carbocycles. The highest BCUT2D eigenvalue weighted by atomic mass is 15.2. The highest BCUT2D eigenvalue weighted by Gasteiger charge is 2.31. The molecule has 0 amide bonds. The summed E-state index contributed by atoms with van der Waals surface area (Å²) >= 11 is 0. The van der Waals surface area contributed by atoms with E-state index in [4.69, 9.17) is 0 Å². The molecular weight excluding hydrogens is 426 g/mol. The van der Waals surface area contributed by atoms with E-state index in [2.05, 4.69) is 93.6 Å². The number of hydrogen-bond donors (Lipinski definition) is 0. The van der Waals surface area contributed by atoms with Crippen LogP contribution in [-0.2, 0) is 13.0 Å². The number of hydrogen-bond acceptors (Lipinski definition) is 3. The average Bonchev–Trinajstić information content (AvgIpc) is 2.95. The monoisotopic (exact) mass is 465 g/mol. The van der Waals surface area contributed by atoms with Crippen LogP contribution in [0.1, 0.15) is 60.4 Å². The van der Waals surface area contributed by atoms with Crippen LogP contribution in [-0.4, -0.2) is 48.6 Å². The van der Waals surface area contributed by atoms with E-state index in [0.717, 1.165) is 19.6 Å². The zero-order chi connectivity index (χ0) is 23.5. The first-order chi connectivity index (χ1) is 17.3. The third kappa shape index (κ3) is 5.03. The van der Waals surface area contributed by atoms with Gasteiger partial charge in [-0.3, -0.25) is 9.80 Å². The molecule has 0 spiro atoms. The van der Waals surface area contributed by atoms with Gasteiger partial charge >= 0.3 is 0 Å². The van der Waals surface area contributed by atoms with Crippen LogP contribution in [0.3, 0.4) is 0 Å². The Morgan fingerprint density at radius 3 is 1.94 bits per heavy atom. The van der Waals surface area contributed by atoms with Crippen LogP contribution in [0, 0.1) is 0 Å². The largest absolute Gasteiger partial charge is 0.372 e. The average molecular weight is 466 g/mol. The number of benzene rings is 3. The normalized spacial score (nSPS) is 20.2. The molecular formula is C32H39N3. The van der Waals surface area contributed by atoms with Gasteiger partial charge in [0, 0.05) is 51.0 Å². The maximum absolute atomic E-state index is 2.78. The van der Waals surface area contributed by atoms with Crippen LogP contribution in [0.5, 0.6) is 0 Å². The lowest BCUT2D eigenvalue weighted by Gasteiger charge is -2.43. The molecule has 0 atom stereocenters. The number of rotatable bonds is 5. The molecule has 6 rings (SSSR count). The van der Waals surface area contributed by atoms with Gasteiger partial charge in [-0.05, 0) is 72.9 Å². The smallest absolute Gasteiger partial charge is 0.0601 e. The van der Waals surface area contributed by atoms with E-state index >= 15 is 0 Å². The SMILES string of the molecule is c1ccc(C(c2ccccc2)N2CCC(N3CCc4cc(N5CCCCC5)ccc4C3)CC2)cc1. The minimum absolute atomic E-state index is 0.355. The maximum Gasteiger partial charge on any atom is 0.0601 e. The van der Waals surface area contributed by atoms with Crippen LogP contribution in [0.25, 0.3) is 0 Å². The molecule has 3 aliphatic heterocycles. The van der Waals surface area contributed by atoms with Gasteiger partial charge in [0.15, 0.2) is 0 Å². The summed E-state index contributed by atoms with van der Waals surface area (Å²) in [5, 5.41) is 0. The van der Waals surface area contributed by atoms with Crippen molar-refractivity contribution >= 4 is 5.69 Å². The Balaban J connectivity index is 1.11. The molecule has 0 aliphatic carbocycles. The van der Waals surface area contributed by atoms with Crippen molar-refractivity contribution < 1.29 is 0 Å². The molecule has 3 heterocycles. The fourth-order valence-corrected chi connectivity index (χ4v) is 6.62. The minimum Gasteiger partial charge on any atom is -0.372 e. The van der Waals surface area contributed by atoms with Gasteiger partial charge in [0.1, 0.15) is 0 Å². The third-order valence-corrected chi connectivity index (χ3v) is 8.56. The summed E-state index contributed by atoms with van der Waals surface area (Å²) in [6.45, 7) is 7.13. The van der Waals surface area contributed by atoms with Crippen LogP contribution in [0.2, 0.25) is 0 Å². The molecule has 3 aromatic rings. The van der Waals surface area contributed by atoms with Gasteiger partial charge in [-0.25, -0.2) is 0 Å². The first-order valence-electron chi connectivity index (χ1n) is 13.8. The first kappa shape index (κ1) is 22.8. The van der Waals surface area contributed by atoms with Gasteiger partial charge in [0.25, 0.3) is 0 Å². The number of nitrogens with zero attached hydrogens (tertiary/aromatic N) is 3. The molecule has 3 nitrogen and oxygen atoms in total. The molecule has 182 valence electrons. The Morgan fingerprint density at radius 2 is 1.29 bits per heavy atom. The van der Waals surface area contributed by atoms with Crippen molar-refractivity contribution in [1.29, 1.82) is 0 Å². The Morgan fingerprint density at radius 1 is 0.629 bits per heavy atom. The van der Waals surface area contributed by atoms with E-state index in [0.29, 0.717) is 12.1 Å². The molecule has 2 fully saturated rings. The van der Waals surface area contributed by atoms with Crippen molar-refractivity contribution in [3.8, 4) is 0 Å². The second-order valence-corrected chi connectivity index (χ2v) is 10.7. The summed E-state index contributed by atoms with van der Waals surface area (Å²) in [4.78, 5) is 8.09. The Bertz CT molecular complexity index is 1040. The predicted molar refractivity (Wildman–Crippen MR) is 146 cm³/mol. The lowest BCUT2D eigenvalue weighted by Crippen LogP contribution is -2.47. The van der Waals surface area contributed by atoms with Crippen LogP contribution in [0.15, 0.2) is 78.9 Å². The predicted octanol–water partition coefficient (Wildman–Crippen LogP) is 6.29.